The lowest BCUT2D eigenvalue weighted by atomic mass is 10.2. The van der Waals surface area contributed by atoms with E-state index in [9.17, 15) is 4.79 Å². The molecule has 30 heavy (non-hydrogen) atoms. The molecule has 1 heterocycles. The third-order valence-electron chi connectivity index (χ3n) is 5.32. The summed E-state index contributed by atoms with van der Waals surface area (Å²) >= 11 is 6.08. The number of methoxy groups -OCH3 is 1. The molecule has 1 N–H and O–H groups in total. The Morgan fingerprint density at radius 2 is 1.97 bits per heavy atom. The summed E-state index contributed by atoms with van der Waals surface area (Å²) in [6, 6.07) is 12.8. The van der Waals surface area contributed by atoms with Gasteiger partial charge in [0.25, 0.3) is 5.91 Å². The Labute approximate surface area is 180 Å². The van der Waals surface area contributed by atoms with Crippen LogP contribution < -0.4 is 14.8 Å². The minimum Gasteiger partial charge on any atom is -0.493 e. The SMILES string of the molecule is COc1ccc(NC(=O)c2cnn(-c3cccc(Cl)c3)c2C)cc1OC1CCCC1. The number of hydrogen-bond donors (Lipinski definition) is 1. The largest absolute Gasteiger partial charge is 0.493 e. The van der Waals surface area contributed by atoms with Crippen LogP contribution in [0.2, 0.25) is 5.02 Å². The van der Waals surface area contributed by atoms with E-state index in [1.807, 2.05) is 31.2 Å². The summed E-state index contributed by atoms with van der Waals surface area (Å²) in [5.74, 6) is 1.07. The highest BCUT2D eigenvalue weighted by atomic mass is 35.5. The monoisotopic (exact) mass is 425 g/mol. The van der Waals surface area contributed by atoms with Gasteiger partial charge in [-0.3, -0.25) is 4.79 Å². The molecule has 1 fully saturated rings. The van der Waals surface area contributed by atoms with Crippen molar-refractivity contribution in [3.63, 3.8) is 0 Å². The maximum Gasteiger partial charge on any atom is 0.259 e. The molecule has 1 aliphatic rings. The van der Waals surface area contributed by atoms with Gasteiger partial charge in [0.1, 0.15) is 0 Å². The minimum atomic E-state index is -0.238. The van der Waals surface area contributed by atoms with E-state index in [1.165, 1.54) is 12.8 Å². The summed E-state index contributed by atoms with van der Waals surface area (Å²) in [5, 5.41) is 7.91. The molecule has 4 rings (SSSR count). The number of nitrogens with zero attached hydrogens (tertiary/aromatic N) is 2. The molecule has 1 saturated carbocycles. The predicted octanol–water partition coefficient (Wildman–Crippen LogP) is 5.42. The second kappa shape index (κ2) is 8.79. The number of carbonyl (C=O) groups is 1. The number of aromatic nitrogens is 2. The molecular formula is C23H24ClN3O3. The van der Waals surface area contributed by atoms with Gasteiger partial charge < -0.3 is 14.8 Å². The van der Waals surface area contributed by atoms with Crippen LogP contribution in [0.4, 0.5) is 5.69 Å². The standard InChI is InChI=1S/C23H24ClN3O3/c1-15-20(14-25-27(15)18-7-5-6-16(24)12-18)23(28)26-17-10-11-21(29-2)22(13-17)30-19-8-3-4-9-19/h5-7,10-14,19H,3-4,8-9H2,1-2H3,(H,26,28). The number of ether oxygens (including phenoxy) is 2. The molecule has 0 saturated heterocycles. The van der Waals surface area contributed by atoms with Gasteiger partial charge in [0.05, 0.1) is 36.4 Å². The lowest BCUT2D eigenvalue weighted by Crippen LogP contribution is -2.14. The molecule has 3 aromatic rings. The van der Waals surface area contributed by atoms with Gasteiger partial charge in [-0.25, -0.2) is 4.68 Å². The van der Waals surface area contributed by atoms with Crippen molar-refractivity contribution >= 4 is 23.2 Å². The molecule has 0 bridgehead atoms. The maximum absolute atomic E-state index is 12.9. The molecule has 1 aliphatic carbocycles. The third kappa shape index (κ3) is 4.28. The molecule has 2 aromatic carbocycles. The zero-order valence-electron chi connectivity index (χ0n) is 17.0. The van der Waals surface area contributed by atoms with Gasteiger partial charge in [-0.1, -0.05) is 17.7 Å². The van der Waals surface area contributed by atoms with Crippen molar-refractivity contribution in [2.75, 3.05) is 12.4 Å². The van der Waals surface area contributed by atoms with Crippen LogP contribution in [0.15, 0.2) is 48.7 Å². The Balaban J connectivity index is 1.54. The number of benzene rings is 2. The van der Waals surface area contributed by atoms with Crippen molar-refractivity contribution in [2.24, 2.45) is 0 Å². The molecule has 1 aromatic heterocycles. The summed E-state index contributed by atoms with van der Waals surface area (Å²) in [6.07, 6.45) is 6.20. The summed E-state index contributed by atoms with van der Waals surface area (Å²) in [6.45, 7) is 1.85. The smallest absolute Gasteiger partial charge is 0.259 e. The van der Waals surface area contributed by atoms with Gasteiger partial charge >= 0.3 is 0 Å². The second-order valence-electron chi connectivity index (χ2n) is 7.38. The molecule has 0 atom stereocenters. The van der Waals surface area contributed by atoms with Crippen LogP contribution in [0.5, 0.6) is 11.5 Å². The highest BCUT2D eigenvalue weighted by Crippen LogP contribution is 2.34. The molecule has 1 amide bonds. The number of amides is 1. The quantitative estimate of drug-likeness (QED) is 0.573. The number of hydrogen-bond acceptors (Lipinski definition) is 4. The van der Waals surface area contributed by atoms with Crippen LogP contribution in [0.3, 0.4) is 0 Å². The van der Waals surface area contributed by atoms with E-state index < -0.39 is 0 Å². The molecular weight excluding hydrogens is 402 g/mol. The second-order valence-corrected chi connectivity index (χ2v) is 7.82. The number of anilines is 1. The lowest BCUT2D eigenvalue weighted by Gasteiger charge is -2.17. The average molecular weight is 426 g/mol. The van der Waals surface area contributed by atoms with Crippen molar-refractivity contribution in [1.29, 1.82) is 0 Å². The fourth-order valence-corrected chi connectivity index (χ4v) is 3.92. The Morgan fingerprint density at radius 1 is 1.17 bits per heavy atom. The first-order chi connectivity index (χ1) is 14.5. The van der Waals surface area contributed by atoms with Crippen molar-refractivity contribution in [1.82, 2.24) is 9.78 Å². The summed E-state index contributed by atoms with van der Waals surface area (Å²) in [7, 11) is 1.61. The normalized spacial score (nSPS) is 14.0. The van der Waals surface area contributed by atoms with Gasteiger partial charge in [-0.2, -0.15) is 5.10 Å². The van der Waals surface area contributed by atoms with Gasteiger partial charge in [0, 0.05) is 16.8 Å². The van der Waals surface area contributed by atoms with Crippen LogP contribution in [0.25, 0.3) is 5.69 Å². The van der Waals surface area contributed by atoms with Crippen molar-refractivity contribution in [3.05, 3.63) is 64.9 Å². The Kier molecular flexibility index (Phi) is 5.95. The van der Waals surface area contributed by atoms with E-state index in [1.54, 1.807) is 36.2 Å². The van der Waals surface area contributed by atoms with Crippen molar-refractivity contribution < 1.29 is 14.3 Å². The molecule has 0 radical (unpaired) electrons. The molecule has 156 valence electrons. The first-order valence-electron chi connectivity index (χ1n) is 10.0. The maximum atomic E-state index is 12.9. The minimum absolute atomic E-state index is 0.197. The van der Waals surface area contributed by atoms with Crippen LogP contribution >= 0.6 is 11.6 Å². The van der Waals surface area contributed by atoms with E-state index in [0.29, 0.717) is 27.8 Å². The van der Waals surface area contributed by atoms with Crippen LogP contribution in [-0.4, -0.2) is 28.9 Å². The van der Waals surface area contributed by atoms with Crippen LogP contribution in [0, 0.1) is 6.92 Å². The van der Waals surface area contributed by atoms with Crippen LogP contribution in [-0.2, 0) is 0 Å². The van der Waals surface area contributed by atoms with Gasteiger partial charge in [-0.05, 0) is 62.9 Å². The highest BCUT2D eigenvalue weighted by molar-refractivity contribution is 6.30. The van der Waals surface area contributed by atoms with E-state index >= 15 is 0 Å². The summed E-state index contributed by atoms with van der Waals surface area (Å²) in [5.41, 5.74) is 2.66. The molecule has 0 aliphatic heterocycles. The predicted molar refractivity (Wildman–Crippen MR) is 117 cm³/mol. The van der Waals surface area contributed by atoms with Crippen molar-refractivity contribution in [3.8, 4) is 17.2 Å². The Bertz CT molecular complexity index is 1060. The Morgan fingerprint density at radius 3 is 2.70 bits per heavy atom. The zero-order valence-corrected chi connectivity index (χ0v) is 17.8. The zero-order chi connectivity index (χ0) is 21.1. The average Bonchev–Trinajstić information content (AvgIpc) is 3.38. The first kappa shape index (κ1) is 20.3. The number of halogens is 1. The summed E-state index contributed by atoms with van der Waals surface area (Å²) in [4.78, 5) is 12.9. The molecule has 7 heteroatoms. The lowest BCUT2D eigenvalue weighted by molar-refractivity contribution is 0.102. The number of rotatable bonds is 6. The number of nitrogens with one attached hydrogen (secondary N) is 1. The molecule has 0 spiro atoms. The van der Waals surface area contributed by atoms with E-state index in [4.69, 9.17) is 21.1 Å². The van der Waals surface area contributed by atoms with Gasteiger partial charge in [0.15, 0.2) is 11.5 Å². The van der Waals surface area contributed by atoms with E-state index in [2.05, 4.69) is 10.4 Å². The number of carbonyl (C=O) groups excluding carboxylic acids is 1. The van der Waals surface area contributed by atoms with Gasteiger partial charge in [-0.15, -0.1) is 0 Å². The first-order valence-corrected chi connectivity index (χ1v) is 10.4. The fourth-order valence-electron chi connectivity index (χ4n) is 3.73. The topological polar surface area (TPSA) is 65.4 Å². The molecule has 6 nitrogen and oxygen atoms in total. The third-order valence-corrected chi connectivity index (χ3v) is 5.56. The summed E-state index contributed by atoms with van der Waals surface area (Å²) < 4.78 is 13.2. The van der Waals surface area contributed by atoms with Crippen LogP contribution in [0.1, 0.15) is 41.7 Å². The highest BCUT2D eigenvalue weighted by Gasteiger charge is 2.20. The van der Waals surface area contributed by atoms with Gasteiger partial charge in [0.2, 0.25) is 0 Å². The van der Waals surface area contributed by atoms with Crippen molar-refractivity contribution in [2.45, 2.75) is 38.7 Å². The Hall–Kier alpha value is -2.99. The fraction of sp³-hybridized carbons (Fsp3) is 0.304. The molecule has 0 unspecified atom stereocenters. The van der Waals surface area contributed by atoms with E-state index in [0.717, 1.165) is 24.2 Å². The van der Waals surface area contributed by atoms with E-state index in [-0.39, 0.29) is 12.0 Å².